The fraction of sp³-hybridized carbons (Fsp3) is 0.250. The summed E-state index contributed by atoms with van der Waals surface area (Å²) in [6, 6.07) is 18.5. The number of aryl methyl sites for hydroxylation is 2. The molecule has 0 saturated heterocycles. The van der Waals surface area contributed by atoms with E-state index in [1.165, 1.54) is 12.1 Å². The molecule has 0 aliphatic heterocycles. The SMILES string of the molecule is Cn1c(=O)cc(OCCCCOc2cc(=O)n(C)c3ccccc23)c2ccccc21. The average molecular weight is 404 g/mol. The van der Waals surface area contributed by atoms with Crippen LogP contribution in [0.3, 0.4) is 0 Å². The molecule has 0 fully saturated rings. The van der Waals surface area contributed by atoms with Gasteiger partial charge in [0.05, 0.1) is 24.2 Å². The van der Waals surface area contributed by atoms with Gasteiger partial charge in [-0.2, -0.15) is 0 Å². The highest BCUT2D eigenvalue weighted by Gasteiger charge is 2.08. The average Bonchev–Trinajstić information content (AvgIpc) is 2.77. The zero-order valence-corrected chi connectivity index (χ0v) is 17.1. The zero-order chi connectivity index (χ0) is 21.1. The molecule has 0 aliphatic rings. The first kappa shape index (κ1) is 19.8. The first-order valence-corrected chi connectivity index (χ1v) is 9.99. The Morgan fingerprint density at radius 3 is 1.50 bits per heavy atom. The number of ether oxygens (including phenoxy) is 2. The number of hydrogen-bond acceptors (Lipinski definition) is 4. The van der Waals surface area contributed by atoms with Gasteiger partial charge in [-0.3, -0.25) is 9.59 Å². The molecule has 0 spiro atoms. The van der Waals surface area contributed by atoms with Crippen LogP contribution in [0, 0.1) is 0 Å². The topological polar surface area (TPSA) is 62.5 Å². The fourth-order valence-corrected chi connectivity index (χ4v) is 3.57. The Labute approximate surface area is 173 Å². The largest absolute Gasteiger partial charge is 0.493 e. The van der Waals surface area contributed by atoms with Gasteiger partial charge in [0.2, 0.25) is 0 Å². The highest BCUT2D eigenvalue weighted by molar-refractivity contribution is 5.86. The number of rotatable bonds is 7. The molecule has 2 aromatic carbocycles. The Bertz CT molecular complexity index is 1220. The predicted octanol–water partition coefficient (Wildman–Crippen LogP) is 3.63. The van der Waals surface area contributed by atoms with E-state index < -0.39 is 0 Å². The molecule has 0 bridgehead atoms. The van der Waals surface area contributed by atoms with Crippen LogP contribution in [0.5, 0.6) is 11.5 Å². The molecule has 4 aromatic rings. The van der Waals surface area contributed by atoms with Crippen molar-refractivity contribution in [3.63, 3.8) is 0 Å². The molecule has 0 amide bonds. The van der Waals surface area contributed by atoms with E-state index in [0.29, 0.717) is 24.7 Å². The zero-order valence-electron chi connectivity index (χ0n) is 17.1. The lowest BCUT2D eigenvalue weighted by atomic mass is 10.2. The first-order valence-electron chi connectivity index (χ1n) is 9.99. The van der Waals surface area contributed by atoms with E-state index in [9.17, 15) is 9.59 Å². The molecule has 2 aromatic heterocycles. The summed E-state index contributed by atoms with van der Waals surface area (Å²) in [7, 11) is 3.51. The van der Waals surface area contributed by atoms with Crippen molar-refractivity contribution < 1.29 is 9.47 Å². The van der Waals surface area contributed by atoms with Crippen LogP contribution in [-0.2, 0) is 14.1 Å². The molecule has 4 rings (SSSR count). The van der Waals surface area contributed by atoms with Crippen LogP contribution < -0.4 is 20.6 Å². The van der Waals surface area contributed by atoms with Crippen LogP contribution >= 0.6 is 0 Å². The van der Waals surface area contributed by atoms with Crippen LogP contribution in [0.15, 0.2) is 70.3 Å². The number of hydrogen-bond donors (Lipinski definition) is 0. The Morgan fingerprint density at radius 1 is 0.667 bits per heavy atom. The molecular weight excluding hydrogens is 380 g/mol. The molecule has 0 radical (unpaired) electrons. The third-order valence-electron chi connectivity index (χ3n) is 5.29. The quantitative estimate of drug-likeness (QED) is 0.441. The van der Waals surface area contributed by atoms with Crippen molar-refractivity contribution in [1.82, 2.24) is 9.13 Å². The summed E-state index contributed by atoms with van der Waals surface area (Å²) in [4.78, 5) is 24.3. The van der Waals surface area contributed by atoms with Gasteiger partial charge in [-0.1, -0.05) is 24.3 Å². The molecule has 6 heteroatoms. The summed E-state index contributed by atoms with van der Waals surface area (Å²) in [6.07, 6.45) is 1.54. The molecule has 154 valence electrons. The maximum atomic E-state index is 12.1. The Hall–Kier alpha value is -3.54. The van der Waals surface area contributed by atoms with Gasteiger partial charge < -0.3 is 18.6 Å². The second-order valence-electron chi connectivity index (χ2n) is 7.25. The second kappa shape index (κ2) is 8.45. The monoisotopic (exact) mass is 404 g/mol. The van der Waals surface area contributed by atoms with Gasteiger partial charge >= 0.3 is 0 Å². The van der Waals surface area contributed by atoms with Gasteiger partial charge in [0.15, 0.2) is 0 Å². The molecule has 0 unspecified atom stereocenters. The summed E-state index contributed by atoms with van der Waals surface area (Å²) in [5.41, 5.74) is 1.51. The molecule has 30 heavy (non-hydrogen) atoms. The number of aromatic nitrogens is 2. The minimum absolute atomic E-state index is 0.0930. The lowest BCUT2D eigenvalue weighted by Crippen LogP contribution is -2.17. The van der Waals surface area contributed by atoms with Crippen LogP contribution in [-0.4, -0.2) is 22.3 Å². The molecular formula is C24H24N2O4. The first-order chi connectivity index (χ1) is 14.6. The van der Waals surface area contributed by atoms with Gasteiger partial charge in [0, 0.05) is 37.0 Å². The summed E-state index contributed by atoms with van der Waals surface area (Å²) >= 11 is 0. The molecule has 0 N–H and O–H groups in total. The number of pyridine rings is 2. The van der Waals surface area contributed by atoms with Gasteiger partial charge in [-0.25, -0.2) is 0 Å². The maximum absolute atomic E-state index is 12.1. The third-order valence-corrected chi connectivity index (χ3v) is 5.29. The van der Waals surface area contributed by atoms with Crippen molar-refractivity contribution in [2.45, 2.75) is 12.8 Å². The van der Waals surface area contributed by atoms with Crippen molar-refractivity contribution in [3.8, 4) is 11.5 Å². The van der Waals surface area contributed by atoms with Crippen LogP contribution in [0.25, 0.3) is 21.8 Å². The van der Waals surface area contributed by atoms with Crippen molar-refractivity contribution in [1.29, 1.82) is 0 Å². The van der Waals surface area contributed by atoms with Gasteiger partial charge in [-0.15, -0.1) is 0 Å². The number of nitrogens with zero attached hydrogens (tertiary/aromatic N) is 2. The van der Waals surface area contributed by atoms with E-state index in [1.54, 1.807) is 23.2 Å². The molecule has 0 aliphatic carbocycles. The number of benzene rings is 2. The van der Waals surface area contributed by atoms with Crippen molar-refractivity contribution in [2.24, 2.45) is 14.1 Å². The van der Waals surface area contributed by atoms with E-state index in [1.807, 2.05) is 48.5 Å². The maximum Gasteiger partial charge on any atom is 0.254 e. The van der Waals surface area contributed by atoms with E-state index in [2.05, 4.69) is 0 Å². The highest BCUT2D eigenvalue weighted by atomic mass is 16.5. The van der Waals surface area contributed by atoms with Crippen molar-refractivity contribution >= 4 is 21.8 Å². The van der Waals surface area contributed by atoms with E-state index in [-0.39, 0.29) is 11.1 Å². The summed E-state index contributed by atoms with van der Waals surface area (Å²) in [5.74, 6) is 1.21. The van der Waals surface area contributed by atoms with Crippen LogP contribution in [0.2, 0.25) is 0 Å². The van der Waals surface area contributed by atoms with E-state index >= 15 is 0 Å². The number of unbranched alkanes of at least 4 members (excludes halogenated alkanes) is 1. The Kier molecular flexibility index (Phi) is 5.57. The minimum Gasteiger partial charge on any atom is -0.493 e. The Balaban J connectivity index is 1.36. The van der Waals surface area contributed by atoms with Crippen molar-refractivity contribution in [3.05, 3.63) is 81.4 Å². The lowest BCUT2D eigenvalue weighted by Gasteiger charge is -2.13. The minimum atomic E-state index is -0.0930. The standard InChI is InChI=1S/C24H24N2O4/c1-25-19-11-5-3-9-17(19)21(15-23(25)27)29-13-7-8-14-30-22-16-24(28)26(2)20-12-6-4-10-18(20)22/h3-6,9-12,15-16H,7-8,13-14H2,1-2H3. The molecule has 0 atom stereocenters. The van der Waals surface area contributed by atoms with Crippen molar-refractivity contribution in [2.75, 3.05) is 13.2 Å². The van der Waals surface area contributed by atoms with E-state index in [0.717, 1.165) is 34.6 Å². The molecule has 2 heterocycles. The van der Waals surface area contributed by atoms with Gasteiger partial charge in [-0.05, 0) is 37.1 Å². The fourth-order valence-electron chi connectivity index (χ4n) is 3.57. The van der Waals surface area contributed by atoms with Crippen LogP contribution in [0.4, 0.5) is 0 Å². The molecule has 0 saturated carbocycles. The number of para-hydroxylation sites is 2. The van der Waals surface area contributed by atoms with Gasteiger partial charge in [0.25, 0.3) is 11.1 Å². The number of fused-ring (bicyclic) bond motifs is 2. The Morgan fingerprint density at radius 2 is 1.07 bits per heavy atom. The second-order valence-corrected chi connectivity index (χ2v) is 7.25. The smallest absolute Gasteiger partial charge is 0.254 e. The lowest BCUT2D eigenvalue weighted by molar-refractivity contribution is 0.269. The normalized spacial score (nSPS) is 11.1. The summed E-state index contributed by atoms with van der Waals surface area (Å²) in [6.45, 7) is 0.968. The molecule has 6 nitrogen and oxygen atoms in total. The third kappa shape index (κ3) is 3.81. The summed E-state index contributed by atoms with van der Waals surface area (Å²) < 4.78 is 15.0. The van der Waals surface area contributed by atoms with E-state index in [4.69, 9.17) is 9.47 Å². The predicted molar refractivity (Wildman–Crippen MR) is 119 cm³/mol. The van der Waals surface area contributed by atoms with Crippen LogP contribution in [0.1, 0.15) is 12.8 Å². The highest BCUT2D eigenvalue weighted by Crippen LogP contribution is 2.24. The summed E-state index contributed by atoms with van der Waals surface area (Å²) in [5, 5.41) is 1.84. The van der Waals surface area contributed by atoms with Gasteiger partial charge in [0.1, 0.15) is 11.5 Å².